The van der Waals surface area contributed by atoms with E-state index in [9.17, 15) is 0 Å². The molecule has 0 saturated carbocycles. The van der Waals surface area contributed by atoms with Crippen molar-refractivity contribution >= 4 is 33.9 Å². The lowest BCUT2D eigenvalue weighted by Crippen LogP contribution is -2.04. The maximum atomic E-state index is 5.53. The molecule has 16 heavy (non-hydrogen) atoms. The Morgan fingerprint density at radius 1 is 1.00 bits per heavy atom. The van der Waals surface area contributed by atoms with E-state index < -0.39 is 0 Å². The highest BCUT2D eigenvalue weighted by Crippen LogP contribution is 2.39. The summed E-state index contributed by atoms with van der Waals surface area (Å²) >= 11 is 3.97. The monoisotopic (exact) mass is 354 g/mol. The van der Waals surface area contributed by atoms with Crippen molar-refractivity contribution in [2.75, 3.05) is 26.4 Å². The molecule has 2 aliphatic heterocycles. The van der Waals surface area contributed by atoms with Crippen molar-refractivity contribution in [3.8, 4) is 0 Å². The first-order chi connectivity index (χ1) is 7.84. The van der Waals surface area contributed by atoms with Gasteiger partial charge in [-0.3, -0.25) is 0 Å². The van der Waals surface area contributed by atoms with E-state index in [1.807, 2.05) is 0 Å². The van der Waals surface area contributed by atoms with Crippen molar-refractivity contribution in [2.45, 2.75) is 12.6 Å². The Labute approximate surface area is 111 Å². The quantitative estimate of drug-likeness (QED) is 0.765. The standard InChI is InChI=1S/C10H11IO4S/c11-7-5-6(9-12-1-2-13-9)8(16-7)10-14-3-4-15-10/h5,9-10H,1-4H2. The summed E-state index contributed by atoms with van der Waals surface area (Å²) in [6, 6.07) is 2.08. The van der Waals surface area contributed by atoms with Crippen LogP contribution < -0.4 is 0 Å². The molecule has 2 saturated heterocycles. The van der Waals surface area contributed by atoms with Gasteiger partial charge in [0, 0.05) is 5.56 Å². The molecule has 0 atom stereocenters. The van der Waals surface area contributed by atoms with Gasteiger partial charge in [-0.25, -0.2) is 0 Å². The van der Waals surface area contributed by atoms with E-state index in [0.717, 1.165) is 10.4 Å². The van der Waals surface area contributed by atoms with E-state index in [1.54, 1.807) is 11.3 Å². The van der Waals surface area contributed by atoms with Gasteiger partial charge < -0.3 is 18.9 Å². The highest BCUT2D eigenvalue weighted by Gasteiger charge is 2.30. The number of thiophene rings is 1. The van der Waals surface area contributed by atoms with E-state index in [4.69, 9.17) is 18.9 Å². The molecule has 0 spiro atoms. The summed E-state index contributed by atoms with van der Waals surface area (Å²) in [4.78, 5) is 1.08. The van der Waals surface area contributed by atoms with Crippen LogP contribution in [0.3, 0.4) is 0 Å². The first kappa shape index (κ1) is 11.4. The van der Waals surface area contributed by atoms with Crippen molar-refractivity contribution in [1.82, 2.24) is 0 Å². The molecular weight excluding hydrogens is 343 g/mol. The smallest absolute Gasteiger partial charge is 0.193 e. The average molecular weight is 354 g/mol. The van der Waals surface area contributed by atoms with E-state index in [1.165, 1.54) is 2.88 Å². The largest absolute Gasteiger partial charge is 0.346 e. The van der Waals surface area contributed by atoms with E-state index in [-0.39, 0.29) is 12.6 Å². The molecule has 0 aliphatic carbocycles. The van der Waals surface area contributed by atoms with Crippen molar-refractivity contribution in [3.05, 3.63) is 19.4 Å². The fourth-order valence-electron chi connectivity index (χ4n) is 1.80. The van der Waals surface area contributed by atoms with Crippen LogP contribution in [0.5, 0.6) is 0 Å². The molecule has 0 aromatic carbocycles. The molecule has 1 aromatic heterocycles. The highest BCUT2D eigenvalue weighted by molar-refractivity contribution is 14.1. The minimum Gasteiger partial charge on any atom is -0.346 e. The summed E-state index contributed by atoms with van der Waals surface area (Å²) in [5.74, 6) is 0. The molecule has 0 unspecified atom stereocenters. The molecule has 0 radical (unpaired) electrons. The predicted octanol–water partition coefficient (Wildman–Crippen LogP) is 2.44. The molecule has 88 valence electrons. The zero-order chi connectivity index (χ0) is 11.0. The minimum atomic E-state index is -0.248. The lowest BCUT2D eigenvalue weighted by Gasteiger charge is -2.13. The third kappa shape index (κ3) is 2.14. The van der Waals surface area contributed by atoms with Gasteiger partial charge in [0.2, 0.25) is 0 Å². The number of halogens is 1. The number of hydrogen-bond donors (Lipinski definition) is 0. The average Bonchev–Trinajstić information content (AvgIpc) is 2.98. The highest BCUT2D eigenvalue weighted by atomic mass is 127. The van der Waals surface area contributed by atoms with Crippen LogP contribution in [0.2, 0.25) is 0 Å². The van der Waals surface area contributed by atoms with Crippen molar-refractivity contribution in [3.63, 3.8) is 0 Å². The second-order valence-corrected chi connectivity index (χ2v) is 6.50. The Balaban J connectivity index is 1.90. The lowest BCUT2D eigenvalue weighted by atomic mass is 10.2. The Morgan fingerprint density at radius 2 is 1.56 bits per heavy atom. The normalized spacial score (nSPS) is 23.3. The predicted molar refractivity (Wildman–Crippen MR) is 66.3 cm³/mol. The van der Waals surface area contributed by atoms with E-state index in [2.05, 4.69) is 28.7 Å². The SMILES string of the molecule is Ic1cc(C2OCCO2)c(C2OCCO2)s1. The summed E-state index contributed by atoms with van der Waals surface area (Å²) in [6.45, 7) is 2.63. The third-order valence-corrected chi connectivity index (χ3v) is 4.41. The van der Waals surface area contributed by atoms with Gasteiger partial charge in [0.05, 0.1) is 34.2 Å². The van der Waals surface area contributed by atoms with Crippen molar-refractivity contribution in [2.24, 2.45) is 0 Å². The van der Waals surface area contributed by atoms with Crippen LogP contribution in [-0.2, 0) is 18.9 Å². The molecule has 4 nitrogen and oxygen atoms in total. The number of rotatable bonds is 2. The number of hydrogen-bond acceptors (Lipinski definition) is 5. The van der Waals surface area contributed by atoms with Gasteiger partial charge in [-0.15, -0.1) is 11.3 Å². The maximum absolute atomic E-state index is 5.53. The van der Waals surface area contributed by atoms with Gasteiger partial charge in [0.1, 0.15) is 0 Å². The summed E-state index contributed by atoms with van der Waals surface area (Å²) < 4.78 is 23.3. The Morgan fingerprint density at radius 3 is 2.19 bits per heavy atom. The second kappa shape index (κ2) is 4.87. The fraction of sp³-hybridized carbons (Fsp3) is 0.600. The second-order valence-electron chi connectivity index (χ2n) is 3.52. The molecule has 3 heterocycles. The Bertz CT molecular complexity index is 335. The molecule has 0 N–H and O–H groups in total. The van der Waals surface area contributed by atoms with Gasteiger partial charge >= 0.3 is 0 Å². The molecule has 3 rings (SSSR count). The zero-order valence-electron chi connectivity index (χ0n) is 8.48. The molecule has 2 aliphatic rings. The van der Waals surface area contributed by atoms with Gasteiger partial charge in [-0.2, -0.15) is 0 Å². The maximum Gasteiger partial charge on any atom is 0.193 e. The van der Waals surface area contributed by atoms with E-state index >= 15 is 0 Å². The molecule has 1 aromatic rings. The zero-order valence-corrected chi connectivity index (χ0v) is 11.5. The molecule has 6 heteroatoms. The van der Waals surface area contributed by atoms with Crippen LogP contribution in [0.1, 0.15) is 23.0 Å². The summed E-state index contributed by atoms with van der Waals surface area (Å²) in [5.41, 5.74) is 1.05. The Hall–Kier alpha value is 0.270. The van der Waals surface area contributed by atoms with Crippen LogP contribution in [0.15, 0.2) is 6.07 Å². The molecule has 0 amide bonds. The lowest BCUT2D eigenvalue weighted by molar-refractivity contribution is -0.0613. The first-order valence-corrected chi connectivity index (χ1v) is 6.99. The van der Waals surface area contributed by atoms with Gasteiger partial charge in [-0.05, 0) is 28.7 Å². The summed E-state index contributed by atoms with van der Waals surface area (Å²) in [7, 11) is 0. The van der Waals surface area contributed by atoms with Gasteiger partial charge in [0.15, 0.2) is 12.6 Å². The Kier molecular flexibility index (Phi) is 3.46. The van der Waals surface area contributed by atoms with Gasteiger partial charge in [0.25, 0.3) is 0 Å². The third-order valence-electron chi connectivity index (χ3n) is 2.47. The minimum absolute atomic E-state index is 0.240. The topological polar surface area (TPSA) is 36.9 Å². The van der Waals surface area contributed by atoms with Crippen LogP contribution in [0, 0.1) is 2.88 Å². The van der Waals surface area contributed by atoms with Crippen LogP contribution in [0.4, 0.5) is 0 Å². The fourth-order valence-corrected chi connectivity index (χ4v) is 3.75. The van der Waals surface area contributed by atoms with E-state index in [0.29, 0.717) is 26.4 Å². The van der Waals surface area contributed by atoms with Crippen LogP contribution in [-0.4, -0.2) is 26.4 Å². The van der Waals surface area contributed by atoms with Crippen LogP contribution in [0.25, 0.3) is 0 Å². The molecule has 0 bridgehead atoms. The first-order valence-electron chi connectivity index (χ1n) is 5.10. The van der Waals surface area contributed by atoms with Crippen molar-refractivity contribution < 1.29 is 18.9 Å². The van der Waals surface area contributed by atoms with Crippen LogP contribution >= 0.6 is 33.9 Å². The summed E-state index contributed by atoms with van der Waals surface area (Å²) in [6.07, 6.45) is -0.487. The number of ether oxygens (including phenoxy) is 4. The molecule has 2 fully saturated rings. The van der Waals surface area contributed by atoms with Gasteiger partial charge in [-0.1, -0.05) is 0 Å². The molecular formula is C10H11IO4S. The van der Waals surface area contributed by atoms with Crippen molar-refractivity contribution in [1.29, 1.82) is 0 Å². The summed E-state index contributed by atoms with van der Waals surface area (Å²) in [5, 5.41) is 0.